The van der Waals surface area contributed by atoms with Crippen molar-refractivity contribution in [3.05, 3.63) is 47.2 Å². The molecular formula is C20H24N6OS. The summed E-state index contributed by atoms with van der Waals surface area (Å²) in [5.41, 5.74) is 2.10. The molecule has 1 unspecified atom stereocenters. The normalized spacial score (nSPS) is 15.6. The van der Waals surface area contributed by atoms with Crippen molar-refractivity contribution in [2.75, 3.05) is 31.5 Å². The molecule has 28 heavy (non-hydrogen) atoms. The minimum atomic E-state index is -0.150. The lowest BCUT2D eigenvalue weighted by Crippen LogP contribution is -2.34. The van der Waals surface area contributed by atoms with Crippen LogP contribution in [0.15, 0.2) is 35.8 Å². The molecule has 0 aliphatic carbocycles. The van der Waals surface area contributed by atoms with Crippen molar-refractivity contribution in [1.29, 1.82) is 0 Å². The first kappa shape index (κ1) is 18.8. The third-order valence-electron chi connectivity index (χ3n) is 4.91. The highest BCUT2D eigenvalue weighted by molar-refractivity contribution is 7.17. The van der Waals surface area contributed by atoms with E-state index in [2.05, 4.69) is 30.5 Å². The summed E-state index contributed by atoms with van der Waals surface area (Å²) in [4.78, 5) is 28.6. The summed E-state index contributed by atoms with van der Waals surface area (Å²) < 4.78 is 0.815. The summed E-state index contributed by atoms with van der Waals surface area (Å²) in [5, 5.41) is 8.22. The van der Waals surface area contributed by atoms with Crippen molar-refractivity contribution in [2.24, 2.45) is 0 Å². The van der Waals surface area contributed by atoms with Crippen LogP contribution in [0.1, 0.15) is 42.0 Å². The highest BCUT2D eigenvalue weighted by atomic mass is 32.1. The molecule has 3 aromatic rings. The fourth-order valence-corrected chi connectivity index (χ4v) is 4.22. The number of pyridine rings is 1. The third-order valence-corrected chi connectivity index (χ3v) is 5.82. The van der Waals surface area contributed by atoms with E-state index in [-0.39, 0.29) is 11.9 Å². The molecule has 7 nitrogen and oxygen atoms in total. The van der Waals surface area contributed by atoms with Crippen molar-refractivity contribution >= 4 is 33.4 Å². The summed E-state index contributed by atoms with van der Waals surface area (Å²) in [6.45, 7) is 5.75. The number of thiophene rings is 1. The standard InChI is InChI=1S/C20H24N6OS/c1-14(15-6-2-3-8-21-15)23-20-24-16-7-13-28-18(16)17(25-20)19(27)22-9-12-26-10-4-5-11-26/h2-3,6-8,13-14H,4-5,9-12H2,1H3,(H,22,27)(H,23,24,25). The van der Waals surface area contributed by atoms with E-state index in [1.54, 1.807) is 6.20 Å². The second-order valence-corrected chi connectivity index (χ2v) is 7.87. The van der Waals surface area contributed by atoms with Gasteiger partial charge in [-0.2, -0.15) is 0 Å². The molecule has 2 N–H and O–H groups in total. The van der Waals surface area contributed by atoms with Crippen LogP contribution in [0.5, 0.6) is 0 Å². The van der Waals surface area contributed by atoms with Gasteiger partial charge in [0.1, 0.15) is 0 Å². The van der Waals surface area contributed by atoms with E-state index in [4.69, 9.17) is 0 Å². The van der Waals surface area contributed by atoms with Crippen LogP contribution < -0.4 is 10.6 Å². The van der Waals surface area contributed by atoms with E-state index in [1.165, 1.54) is 24.2 Å². The summed E-state index contributed by atoms with van der Waals surface area (Å²) >= 11 is 1.49. The van der Waals surface area contributed by atoms with Crippen LogP contribution in [0.2, 0.25) is 0 Å². The zero-order valence-electron chi connectivity index (χ0n) is 15.9. The fourth-order valence-electron chi connectivity index (χ4n) is 3.40. The number of carbonyl (C=O) groups excluding carboxylic acids is 1. The van der Waals surface area contributed by atoms with E-state index >= 15 is 0 Å². The molecule has 146 valence electrons. The monoisotopic (exact) mass is 396 g/mol. The molecule has 8 heteroatoms. The molecule has 1 aliphatic rings. The van der Waals surface area contributed by atoms with Crippen molar-refractivity contribution in [3.63, 3.8) is 0 Å². The Morgan fingerprint density at radius 1 is 1.25 bits per heavy atom. The van der Waals surface area contributed by atoms with Gasteiger partial charge in [0.25, 0.3) is 5.91 Å². The zero-order valence-corrected chi connectivity index (χ0v) is 16.7. The number of likely N-dealkylation sites (tertiary alicyclic amines) is 1. The van der Waals surface area contributed by atoms with E-state index in [0.717, 1.165) is 35.5 Å². The number of fused-ring (bicyclic) bond motifs is 1. The minimum absolute atomic E-state index is 0.0663. The molecule has 4 heterocycles. The van der Waals surface area contributed by atoms with Gasteiger partial charge in [0.05, 0.1) is 22.0 Å². The highest BCUT2D eigenvalue weighted by Crippen LogP contribution is 2.25. The molecule has 1 atom stereocenters. The van der Waals surface area contributed by atoms with Gasteiger partial charge in [0.2, 0.25) is 5.95 Å². The van der Waals surface area contributed by atoms with Gasteiger partial charge in [-0.05, 0) is 56.4 Å². The van der Waals surface area contributed by atoms with Crippen LogP contribution in [-0.4, -0.2) is 51.9 Å². The van der Waals surface area contributed by atoms with Crippen molar-refractivity contribution in [3.8, 4) is 0 Å². The lowest BCUT2D eigenvalue weighted by Gasteiger charge is -2.16. The lowest BCUT2D eigenvalue weighted by molar-refractivity contribution is 0.0947. The Morgan fingerprint density at radius 2 is 2.11 bits per heavy atom. The Morgan fingerprint density at radius 3 is 2.89 bits per heavy atom. The van der Waals surface area contributed by atoms with Crippen LogP contribution in [0.4, 0.5) is 5.95 Å². The van der Waals surface area contributed by atoms with Gasteiger partial charge in [-0.1, -0.05) is 6.07 Å². The summed E-state index contributed by atoms with van der Waals surface area (Å²) in [5.74, 6) is 0.288. The van der Waals surface area contributed by atoms with Gasteiger partial charge < -0.3 is 15.5 Å². The summed E-state index contributed by atoms with van der Waals surface area (Å²) in [6, 6.07) is 7.63. The Labute approximate surface area is 168 Å². The minimum Gasteiger partial charge on any atom is -0.349 e. The van der Waals surface area contributed by atoms with Crippen LogP contribution in [0.3, 0.4) is 0 Å². The topological polar surface area (TPSA) is 83.0 Å². The molecule has 1 saturated heterocycles. The maximum Gasteiger partial charge on any atom is 0.271 e. The second-order valence-electron chi connectivity index (χ2n) is 6.96. The smallest absolute Gasteiger partial charge is 0.271 e. The average Bonchev–Trinajstić information content (AvgIpc) is 3.39. The predicted molar refractivity (Wildman–Crippen MR) is 112 cm³/mol. The van der Waals surface area contributed by atoms with Gasteiger partial charge in [0, 0.05) is 19.3 Å². The number of hydrogen-bond donors (Lipinski definition) is 2. The van der Waals surface area contributed by atoms with Crippen molar-refractivity contribution in [1.82, 2.24) is 25.2 Å². The Bertz CT molecular complexity index is 938. The molecule has 0 bridgehead atoms. The molecule has 0 radical (unpaired) electrons. The van der Waals surface area contributed by atoms with E-state index in [1.807, 2.05) is 36.6 Å². The highest BCUT2D eigenvalue weighted by Gasteiger charge is 2.18. The van der Waals surface area contributed by atoms with Crippen molar-refractivity contribution in [2.45, 2.75) is 25.8 Å². The SMILES string of the molecule is CC(Nc1nc(C(=O)NCCN2CCCC2)c2sccc2n1)c1ccccn1. The van der Waals surface area contributed by atoms with Gasteiger partial charge >= 0.3 is 0 Å². The molecule has 4 rings (SSSR count). The van der Waals surface area contributed by atoms with E-state index in [0.29, 0.717) is 18.2 Å². The largest absolute Gasteiger partial charge is 0.349 e. The molecule has 1 fully saturated rings. The Kier molecular flexibility index (Phi) is 5.78. The zero-order chi connectivity index (χ0) is 19.3. The number of aromatic nitrogens is 3. The number of nitrogens with zero attached hydrogens (tertiary/aromatic N) is 4. The van der Waals surface area contributed by atoms with Gasteiger partial charge in [0.15, 0.2) is 5.69 Å². The average molecular weight is 397 g/mol. The molecular weight excluding hydrogens is 372 g/mol. The Hall–Kier alpha value is -2.58. The van der Waals surface area contributed by atoms with Gasteiger partial charge in [-0.3, -0.25) is 9.78 Å². The summed E-state index contributed by atoms with van der Waals surface area (Å²) in [6.07, 6.45) is 4.26. The van der Waals surface area contributed by atoms with Crippen molar-refractivity contribution < 1.29 is 4.79 Å². The van der Waals surface area contributed by atoms with E-state index < -0.39 is 0 Å². The van der Waals surface area contributed by atoms with E-state index in [9.17, 15) is 4.79 Å². The number of rotatable bonds is 7. The van der Waals surface area contributed by atoms with Crippen LogP contribution in [0.25, 0.3) is 10.2 Å². The maximum absolute atomic E-state index is 12.8. The maximum atomic E-state index is 12.8. The number of hydrogen-bond acceptors (Lipinski definition) is 7. The quantitative estimate of drug-likeness (QED) is 0.639. The lowest BCUT2D eigenvalue weighted by atomic mass is 10.2. The molecule has 0 saturated carbocycles. The first-order valence-corrected chi connectivity index (χ1v) is 10.5. The number of amides is 1. The van der Waals surface area contributed by atoms with Crippen LogP contribution >= 0.6 is 11.3 Å². The third kappa shape index (κ3) is 4.28. The van der Waals surface area contributed by atoms with Gasteiger partial charge in [-0.25, -0.2) is 9.97 Å². The molecule has 3 aromatic heterocycles. The number of nitrogens with one attached hydrogen (secondary N) is 2. The predicted octanol–water partition coefficient (Wildman–Crippen LogP) is 3.09. The second kappa shape index (κ2) is 8.62. The van der Waals surface area contributed by atoms with Crippen LogP contribution in [0, 0.1) is 0 Å². The molecule has 0 aromatic carbocycles. The number of carbonyl (C=O) groups is 1. The Balaban J connectivity index is 1.49. The molecule has 1 aliphatic heterocycles. The fraction of sp³-hybridized carbons (Fsp3) is 0.400. The summed E-state index contributed by atoms with van der Waals surface area (Å²) in [7, 11) is 0. The number of anilines is 1. The van der Waals surface area contributed by atoms with Gasteiger partial charge in [-0.15, -0.1) is 11.3 Å². The first-order chi connectivity index (χ1) is 13.7. The molecule has 1 amide bonds. The first-order valence-electron chi connectivity index (χ1n) is 9.64. The molecule has 0 spiro atoms. The van der Waals surface area contributed by atoms with Crippen LogP contribution in [-0.2, 0) is 0 Å².